The molecule has 0 aromatic heterocycles. The van der Waals surface area contributed by atoms with Crippen molar-refractivity contribution in [1.29, 1.82) is 0 Å². The summed E-state index contributed by atoms with van der Waals surface area (Å²) < 4.78 is 0. The maximum atomic E-state index is 9.43. The number of rotatable bonds is 1. The van der Waals surface area contributed by atoms with Gasteiger partial charge in [0.1, 0.15) is 0 Å². The lowest BCUT2D eigenvalue weighted by molar-refractivity contribution is -0.341. The predicted molar refractivity (Wildman–Crippen MR) is 18.0 cm³/mol. The summed E-state index contributed by atoms with van der Waals surface area (Å²) in [7, 11) is 3.38. The summed E-state index contributed by atoms with van der Waals surface area (Å²) in [6, 6.07) is 0. The minimum Gasteiger partial charge on any atom is -0.840 e. The molecule has 31 valence electrons. The lowest BCUT2D eigenvalue weighted by atomic mass is 11.0. The number of nitrogens with zero attached hydrogens (tertiary/aromatic N) is 1. The second kappa shape index (κ2) is 2.18. The van der Waals surface area contributed by atoms with Gasteiger partial charge < -0.3 is 10.0 Å². The highest BCUT2D eigenvalue weighted by atomic mass is 16.3. The Kier molecular flexibility index (Phi) is 2.14. The summed E-state index contributed by atoms with van der Waals surface area (Å²) in [6.45, 7) is 0.750. The van der Waals surface area contributed by atoms with E-state index >= 15 is 0 Å². The van der Waals surface area contributed by atoms with Crippen LogP contribution in [0.2, 0.25) is 0 Å². The third kappa shape index (κ3) is 3.92. The molecule has 0 bridgehead atoms. The minimum absolute atomic E-state index is 0.750. The van der Waals surface area contributed by atoms with Crippen LogP contribution in [-0.4, -0.2) is 19.0 Å². The SMILES string of the molecule is CN(C)[CH][O-]. The van der Waals surface area contributed by atoms with Crippen LogP contribution in [0.15, 0.2) is 0 Å². The van der Waals surface area contributed by atoms with Gasteiger partial charge in [-0.25, -0.2) is 0 Å². The Labute approximate surface area is 32.0 Å². The molecule has 0 saturated carbocycles. The van der Waals surface area contributed by atoms with Crippen LogP contribution in [0.4, 0.5) is 0 Å². The molecule has 0 saturated heterocycles. The molecule has 5 heavy (non-hydrogen) atoms. The van der Waals surface area contributed by atoms with E-state index in [0.29, 0.717) is 0 Å². The number of hydrogen-bond acceptors (Lipinski definition) is 2. The van der Waals surface area contributed by atoms with Crippen molar-refractivity contribution in [2.75, 3.05) is 14.1 Å². The zero-order chi connectivity index (χ0) is 4.28. The van der Waals surface area contributed by atoms with Gasteiger partial charge in [-0.2, -0.15) is 0 Å². The van der Waals surface area contributed by atoms with Crippen LogP contribution in [0.3, 0.4) is 0 Å². The highest BCUT2D eigenvalue weighted by Crippen LogP contribution is 1.62. The molecule has 0 aliphatic rings. The Morgan fingerprint density at radius 3 is 1.80 bits per heavy atom. The lowest BCUT2D eigenvalue weighted by Crippen LogP contribution is -2.16. The molecule has 2 nitrogen and oxygen atoms in total. The van der Waals surface area contributed by atoms with E-state index in [1.54, 1.807) is 14.1 Å². The van der Waals surface area contributed by atoms with Crippen molar-refractivity contribution >= 4 is 0 Å². The smallest absolute Gasteiger partial charge is 0.0149 e. The van der Waals surface area contributed by atoms with Crippen LogP contribution >= 0.6 is 0 Å². The third-order valence-electron chi connectivity index (χ3n) is 0.211. The fourth-order valence-corrected chi connectivity index (χ4v) is 0. The largest absolute Gasteiger partial charge is 0.840 e. The van der Waals surface area contributed by atoms with Crippen LogP contribution < -0.4 is 5.11 Å². The minimum atomic E-state index is 0.750. The monoisotopic (exact) mass is 73.1 g/mol. The van der Waals surface area contributed by atoms with E-state index in [1.165, 1.54) is 4.90 Å². The van der Waals surface area contributed by atoms with Crippen LogP contribution in [0.5, 0.6) is 0 Å². The first-order chi connectivity index (χ1) is 2.27. The summed E-state index contributed by atoms with van der Waals surface area (Å²) in [5.74, 6) is 0. The maximum absolute atomic E-state index is 9.43. The van der Waals surface area contributed by atoms with Crippen molar-refractivity contribution in [2.24, 2.45) is 0 Å². The maximum Gasteiger partial charge on any atom is -0.0149 e. The van der Waals surface area contributed by atoms with E-state index in [1.807, 2.05) is 0 Å². The van der Waals surface area contributed by atoms with Crippen LogP contribution in [0, 0.1) is 6.73 Å². The van der Waals surface area contributed by atoms with E-state index in [9.17, 15) is 5.11 Å². The zero-order valence-electron chi connectivity index (χ0n) is 3.43. The Hall–Kier alpha value is -0.0800. The Balaban J connectivity index is 2.54. The van der Waals surface area contributed by atoms with Crippen molar-refractivity contribution in [3.8, 4) is 0 Å². The molecular formula is C3H7NO-. The molecule has 0 aromatic carbocycles. The van der Waals surface area contributed by atoms with Gasteiger partial charge in [0.2, 0.25) is 0 Å². The van der Waals surface area contributed by atoms with E-state index in [-0.39, 0.29) is 0 Å². The standard InChI is InChI=1S/C3H7NO/c1-4(2)3-5/h3H,1-2H3/q-1. The molecule has 2 heteroatoms. The van der Waals surface area contributed by atoms with Crippen LogP contribution in [-0.2, 0) is 0 Å². The summed E-state index contributed by atoms with van der Waals surface area (Å²) in [5, 5.41) is 9.43. The van der Waals surface area contributed by atoms with Gasteiger partial charge in [0.25, 0.3) is 0 Å². The molecule has 0 fully saturated rings. The average molecular weight is 73.1 g/mol. The summed E-state index contributed by atoms with van der Waals surface area (Å²) in [6.07, 6.45) is 0. The topological polar surface area (TPSA) is 26.3 Å². The molecule has 0 amide bonds. The van der Waals surface area contributed by atoms with Gasteiger partial charge in [-0.1, -0.05) is 6.73 Å². The first kappa shape index (κ1) is 4.92. The van der Waals surface area contributed by atoms with Gasteiger partial charge in [-0.05, 0) is 14.1 Å². The summed E-state index contributed by atoms with van der Waals surface area (Å²) in [4.78, 5) is 1.44. The number of hydrogen-bond donors (Lipinski definition) is 0. The molecule has 1 radical (unpaired) electrons. The first-order valence-electron chi connectivity index (χ1n) is 1.39. The highest BCUT2D eigenvalue weighted by molar-refractivity contribution is 4.31. The Morgan fingerprint density at radius 2 is 1.80 bits per heavy atom. The van der Waals surface area contributed by atoms with Crippen molar-refractivity contribution < 1.29 is 5.11 Å². The normalized spacial score (nSPS) is 9.60. The second-order valence-corrected chi connectivity index (χ2v) is 1.07. The molecule has 0 aromatic rings. The van der Waals surface area contributed by atoms with E-state index < -0.39 is 0 Å². The highest BCUT2D eigenvalue weighted by Gasteiger charge is 1.65. The zero-order valence-corrected chi connectivity index (χ0v) is 3.43. The van der Waals surface area contributed by atoms with Crippen LogP contribution in [0.1, 0.15) is 0 Å². The first-order valence-corrected chi connectivity index (χ1v) is 1.39. The van der Waals surface area contributed by atoms with E-state index in [2.05, 4.69) is 0 Å². The Morgan fingerprint density at radius 1 is 1.60 bits per heavy atom. The molecule has 0 aliphatic heterocycles. The van der Waals surface area contributed by atoms with Gasteiger partial charge in [-0.15, -0.1) is 0 Å². The van der Waals surface area contributed by atoms with Crippen molar-refractivity contribution in [3.63, 3.8) is 0 Å². The van der Waals surface area contributed by atoms with E-state index in [4.69, 9.17) is 0 Å². The molecule has 0 unspecified atom stereocenters. The fraction of sp³-hybridized carbons (Fsp3) is 0.667. The summed E-state index contributed by atoms with van der Waals surface area (Å²) in [5.41, 5.74) is 0. The van der Waals surface area contributed by atoms with Gasteiger partial charge in [0, 0.05) is 0 Å². The van der Waals surface area contributed by atoms with Gasteiger partial charge in [0.05, 0.1) is 0 Å². The molecule has 0 spiro atoms. The molecule has 0 heterocycles. The molecule has 0 aliphatic carbocycles. The van der Waals surface area contributed by atoms with Crippen molar-refractivity contribution in [1.82, 2.24) is 4.90 Å². The molecule has 0 rings (SSSR count). The summed E-state index contributed by atoms with van der Waals surface area (Å²) >= 11 is 0. The molecular weight excluding hydrogens is 66.0 g/mol. The quantitative estimate of drug-likeness (QED) is 0.399. The van der Waals surface area contributed by atoms with E-state index in [0.717, 1.165) is 6.73 Å². The van der Waals surface area contributed by atoms with Crippen molar-refractivity contribution in [2.45, 2.75) is 0 Å². The third-order valence-corrected chi connectivity index (χ3v) is 0.211. The molecule has 0 N–H and O–H groups in total. The van der Waals surface area contributed by atoms with Gasteiger partial charge in [-0.3, -0.25) is 0 Å². The van der Waals surface area contributed by atoms with Crippen molar-refractivity contribution in [3.05, 3.63) is 6.73 Å². The van der Waals surface area contributed by atoms with Gasteiger partial charge >= 0.3 is 0 Å². The van der Waals surface area contributed by atoms with Crippen LogP contribution in [0.25, 0.3) is 0 Å². The lowest BCUT2D eigenvalue weighted by Gasteiger charge is -2.10. The molecule has 0 atom stereocenters. The van der Waals surface area contributed by atoms with Gasteiger partial charge in [0.15, 0.2) is 0 Å². The predicted octanol–water partition coefficient (Wildman–Crippen LogP) is -0.972. The average Bonchev–Trinajstić information content (AvgIpc) is 1.38. The second-order valence-electron chi connectivity index (χ2n) is 1.07. The Bertz CT molecular complexity index is 20.9. The fourth-order valence-electron chi connectivity index (χ4n) is 0.